The van der Waals surface area contributed by atoms with Gasteiger partial charge in [0.15, 0.2) is 5.82 Å². The van der Waals surface area contributed by atoms with Crippen molar-refractivity contribution in [1.29, 1.82) is 0 Å². The van der Waals surface area contributed by atoms with E-state index in [0.29, 0.717) is 22.7 Å². The normalized spacial score (nSPS) is 11.2. The summed E-state index contributed by atoms with van der Waals surface area (Å²) in [5, 5.41) is 18.2. The van der Waals surface area contributed by atoms with Gasteiger partial charge in [-0.2, -0.15) is 0 Å². The number of amides is 1. The molecule has 1 aromatic heterocycles. The van der Waals surface area contributed by atoms with Gasteiger partial charge in [-0.1, -0.05) is 87.8 Å². The summed E-state index contributed by atoms with van der Waals surface area (Å²) >= 11 is 6.33. The highest BCUT2D eigenvalue weighted by Gasteiger charge is 2.19. The molecule has 0 spiro atoms. The molecular weight excluding hydrogens is 484 g/mol. The van der Waals surface area contributed by atoms with Crippen LogP contribution < -0.4 is 10.2 Å². The van der Waals surface area contributed by atoms with Gasteiger partial charge in [0.25, 0.3) is 0 Å². The van der Waals surface area contributed by atoms with Gasteiger partial charge in [-0.15, -0.1) is 5.10 Å². The first-order valence-electron chi connectivity index (χ1n) is 12.6. The molecule has 0 atom stereocenters. The molecule has 0 saturated heterocycles. The molecule has 2 N–H and O–H groups in total. The summed E-state index contributed by atoms with van der Waals surface area (Å²) in [4.78, 5) is 15.6. The first-order chi connectivity index (χ1) is 17.8. The number of aromatic amines is 1. The van der Waals surface area contributed by atoms with Crippen LogP contribution in [-0.4, -0.2) is 39.6 Å². The van der Waals surface area contributed by atoms with Gasteiger partial charge in [0, 0.05) is 23.7 Å². The zero-order valence-corrected chi connectivity index (χ0v) is 22.5. The maximum Gasteiger partial charge on any atom is 0.228 e. The first-order valence-corrected chi connectivity index (χ1v) is 13.0. The summed E-state index contributed by atoms with van der Waals surface area (Å²) in [6.45, 7) is 10.6. The van der Waals surface area contributed by atoms with Gasteiger partial charge in [0.05, 0.1) is 17.8 Å². The number of H-pyrrole nitrogens is 1. The number of carbonyl (C=O) groups excluding carboxylic acids is 1. The Morgan fingerprint density at radius 2 is 1.62 bits per heavy atom. The number of nitrogens with one attached hydrogen (secondary N) is 2. The Hall–Kier alpha value is -3.71. The molecule has 0 bridgehead atoms. The van der Waals surface area contributed by atoms with E-state index in [1.165, 1.54) is 0 Å². The van der Waals surface area contributed by atoms with Crippen molar-refractivity contribution in [2.45, 2.75) is 34.1 Å². The Morgan fingerprint density at radius 1 is 0.946 bits per heavy atom. The minimum atomic E-state index is -0.117. The van der Waals surface area contributed by atoms with E-state index < -0.39 is 0 Å². The number of aromatic nitrogens is 4. The van der Waals surface area contributed by atoms with Gasteiger partial charge in [-0.25, -0.2) is 5.10 Å². The molecule has 3 aromatic carbocycles. The number of hydrogen-bond donors (Lipinski definition) is 2. The Morgan fingerprint density at radius 3 is 2.27 bits per heavy atom. The van der Waals surface area contributed by atoms with Gasteiger partial charge in [-0.05, 0) is 57.2 Å². The van der Waals surface area contributed by atoms with Crippen LogP contribution in [0.5, 0.6) is 0 Å². The quantitative estimate of drug-likeness (QED) is 0.251. The monoisotopic (exact) mass is 516 g/mol. The van der Waals surface area contributed by atoms with Crippen LogP contribution in [0.3, 0.4) is 0 Å². The van der Waals surface area contributed by atoms with Crippen LogP contribution in [0.15, 0.2) is 66.7 Å². The van der Waals surface area contributed by atoms with Gasteiger partial charge in [0.1, 0.15) is 0 Å². The fourth-order valence-electron chi connectivity index (χ4n) is 4.46. The predicted molar refractivity (Wildman–Crippen MR) is 151 cm³/mol. The molecule has 0 saturated carbocycles. The van der Waals surface area contributed by atoms with Crippen LogP contribution in [0.25, 0.3) is 22.5 Å². The molecule has 0 aliphatic carbocycles. The number of carbonyl (C=O) groups is 1. The van der Waals surface area contributed by atoms with Crippen molar-refractivity contribution in [2.24, 2.45) is 11.8 Å². The van der Waals surface area contributed by atoms with Gasteiger partial charge in [0.2, 0.25) is 5.91 Å². The van der Waals surface area contributed by atoms with Crippen LogP contribution >= 0.6 is 11.6 Å². The topological polar surface area (TPSA) is 86.8 Å². The number of benzene rings is 3. The third-order valence-corrected chi connectivity index (χ3v) is 6.30. The SMILES string of the molecule is CC(C)CN(CC(C)C)c1ccc(-c2ccccc2-c2nnn[nH]2)cc1NC(=O)Cc1ccccc1Cl. The third-order valence-electron chi connectivity index (χ3n) is 5.93. The van der Waals surface area contributed by atoms with Gasteiger partial charge >= 0.3 is 0 Å². The Balaban J connectivity index is 1.76. The highest BCUT2D eigenvalue weighted by molar-refractivity contribution is 6.31. The number of halogens is 1. The molecule has 0 unspecified atom stereocenters. The van der Waals surface area contributed by atoms with Crippen LogP contribution in [-0.2, 0) is 11.2 Å². The van der Waals surface area contributed by atoms with Crippen molar-refractivity contribution >= 4 is 28.9 Å². The lowest BCUT2D eigenvalue weighted by molar-refractivity contribution is -0.115. The van der Waals surface area contributed by atoms with Crippen molar-refractivity contribution in [2.75, 3.05) is 23.3 Å². The smallest absolute Gasteiger partial charge is 0.228 e. The molecule has 1 heterocycles. The standard InChI is InChI=1S/C29H33ClN6O/c1-19(2)17-36(18-20(3)4)27-14-13-21(23-10-6-7-11-24(23)29-32-34-35-33-29)15-26(27)31-28(37)16-22-9-5-8-12-25(22)30/h5-15,19-20H,16-18H2,1-4H3,(H,31,37)(H,32,33,34,35). The fraction of sp³-hybridized carbons (Fsp3) is 0.310. The van der Waals surface area contributed by atoms with Crippen molar-refractivity contribution in [3.63, 3.8) is 0 Å². The molecule has 37 heavy (non-hydrogen) atoms. The van der Waals surface area contributed by atoms with Crippen LogP contribution in [0.2, 0.25) is 5.02 Å². The molecular formula is C29H33ClN6O. The second kappa shape index (κ2) is 12.0. The zero-order chi connectivity index (χ0) is 26.4. The number of rotatable bonds is 10. The molecule has 7 nitrogen and oxygen atoms in total. The molecule has 4 rings (SSSR count). The van der Waals surface area contributed by atoms with Crippen molar-refractivity contribution in [3.8, 4) is 22.5 Å². The first kappa shape index (κ1) is 26.4. The highest BCUT2D eigenvalue weighted by Crippen LogP contribution is 2.36. The van der Waals surface area contributed by atoms with Gasteiger partial charge < -0.3 is 10.2 Å². The number of hydrogen-bond acceptors (Lipinski definition) is 5. The number of tetrazole rings is 1. The van der Waals surface area contributed by atoms with E-state index >= 15 is 0 Å². The molecule has 8 heteroatoms. The third kappa shape index (κ3) is 6.74. The van der Waals surface area contributed by atoms with Crippen molar-refractivity contribution in [3.05, 3.63) is 77.3 Å². The lowest BCUT2D eigenvalue weighted by Gasteiger charge is -2.31. The summed E-state index contributed by atoms with van der Waals surface area (Å²) in [7, 11) is 0. The zero-order valence-electron chi connectivity index (χ0n) is 21.7. The lowest BCUT2D eigenvalue weighted by Crippen LogP contribution is -2.32. The second-order valence-electron chi connectivity index (χ2n) is 10.0. The largest absolute Gasteiger partial charge is 0.369 e. The number of anilines is 2. The van der Waals surface area contributed by atoms with E-state index in [1.807, 2.05) is 48.5 Å². The van der Waals surface area contributed by atoms with E-state index in [2.05, 4.69) is 70.7 Å². The molecule has 0 aliphatic heterocycles. The summed E-state index contributed by atoms with van der Waals surface area (Å²) in [6.07, 6.45) is 0.192. The molecule has 1 amide bonds. The van der Waals surface area contributed by atoms with E-state index in [-0.39, 0.29) is 12.3 Å². The predicted octanol–water partition coefficient (Wildman–Crippen LogP) is 6.49. The molecule has 0 aliphatic rings. The van der Waals surface area contributed by atoms with Crippen LogP contribution in [0.1, 0.15) is 33.3 Å². The Bertz CT molecular complexity index is 1330. The molecule has 4 aromatic rings. The average molecular weight is 517 g/mol. The maximum absolute atomic E-state index is 13.2. The minimum absolute atomic E-state index is 0.117. The van der Waals surface area contributed by atoms with Gasteiger partial charge in [-0.3, -0.25) is 4.79 Å². The van der Waals surface area contributed by atoms with Crippen LogP contribution in [0.4, 0.5) is 11.4 Å². The summed E-state index contributed by atoms with van der Waals surface area (Å²) in [6, 6.07) is 21.6. The van der Waals surface area contributed by atoms with Crippen molar-refractivity contribution in [1.82, 2.24) is 20.6 Å². The highest BCUT2D eigenvalue weighted by atomic mass is 35.5. The van der Waals surface area contributed by atoms with Crippen LogP contribution in [0, 0.1) is 11.8 Å². The minimum Gasteiger partial charge on any atom is -0.369 e. The molecule has 0 radical (unpaired) electrons. The summed E-state index contributed by atoms with van der Waals surface area (Å²) in [5.41, 5.74) is 5.36. The van der Waals surface area contributed by atoms with E-state index in [4.69, 9.17) is 11.6 Å². The molecule has 0 fully saturated rings. The Labute approximate surface area is 223 Å². The van der Waals surface area contributed by atoms with E-state index in [1.54, 1.807) is 6.07 Å². The summed E-state index contributed by atoms with van der Waals surface area (Å²) < 4.78 is 0. The lowest BCUT2D eigenvalue weighted by atomic mass is 9.97. The second-order valence-corrected chi connectivity index (χ2v) is 10.4. The number of nitrogens with zero attached hydrogens (tertiary/aromatic N) is 4. The maximum atomic E-state index is 13.2. The Kier molecular flexibility index (Phi) is 8.56. The summed E-state index contributed by atoms with van der Waals surface area (Å²) in [5.74, 6) is 1.40. The average Bonchev–Trinajstić information content (AvgIpc) is 3.39. The van der Waals surface area contributed by atoms with Crippen molar-refractivity contribution < 1.29 is 4.79 Å². The van der Waals surface area contributed by atoms with E-state index in [0.717, 1.165) is 46.7 Å². The molecule has 192 valence electrons. The van der Waals surface area contributed by atoms with E-state index in [9.17, 15) is 4.79 Å². The fourth-order valence-corrected chi connectivity index (χ4v) is 4.66.